The van der Waals surface area contributed by atoms with Crippen LogP contribution in [-0.2, 0) is 25.5 Å². The lowest BCUT2D eigenvalue weighted by Gasteiger charge is -2.31. The summed E-state index contributed by atoms with van der Waals surface area (Å²) >= 11 is 0. The first-order chi connectivity index (χ1) is 15.0. The van der Waals surface area contributed by atoms with Gasteiger partial charge in [0.1, 0.15) is 6.54 Å². The molecule has 0 radical (unpaired) electrons. The summed E-state index contributed by atoms with van der Waals surface area (Å²) in [5.74, 6) is -2.05. The first kappa shape index (κ1) is 20.8. The van der Waals surface area contributed by atoms with Gasteiger partial charge >= 0.3 is 5.97 Å². The lowest BCUT2D eigenvalue weighted by atomic mass is 9.98. The summed E-state index contributed by atoms with van der Waals surface area (Å²) in [6.45, 7) is 0.724. The number of benzene rings is 2. The van der Waals surface area contributed by atoms with E-state index in [1.807, 2.05) is 6.07 Å². The maximum Gasteiger partial charge on any atom is 0.327 e. The Balaban J connectivity index is 1.50. The maximum atomic E-state index is 13.1. The Bertz CT molecular complexity index is 998. The second-order valence-corrected chi connectivity index (χ2v) is 7.79. The molecule has 0 aromatic heterocycles. The molecule has 0 N–H and O–H groups in total. The first-order valence-corrected chi connectivity index (χ1v) is 10.5. The molecule has 0 saturated carbocycles. The Morgan fingerprint density at radius 3 is 2.32 bits per heavy atom. The van der Waals surface area contributed by atoms with Crippen LogP contribution in [0.25, 0.3) is 0 Å². The number of amides is 3. The topological polar surface area (TPSA) is 84.0 Å². The highest BCUT2D eigenvalue weighted by atomic mass is 16.5. The van der Waals surface area contributed by atoms with Crippen LogP contribution >= 0.6 is 0 Å². The molecule has 1 saturated heterocycles. The Morgan fingerprint density at radius 2 is 1.58 bits per heavy atom. The smallest absolute Gasteiger partial charge is 0.327 e. The highest BCUT2D eigenvalue weighted by molar-refractivity contribution is 6.11. The van der Waals surface area contributed by atoms with Gasteiger partial charge in [0.25, 0.3) is 11.8 Å². The number of rotatable bonds is 5. The molecule has 1 fully saturated rings. The van der Waals surface area contributed by atoms with Crippen molar-refractivity contribution in [2.24, 2.45) is 0 Å². The van der Waals surface area contributed by atoms with Crippen LogP contribution < -0.4 is 0 Å². The van der Waals surface area contributed by atoms with E-state index in [-0.39, 0.29) is 12.3 Å². The number of hydrogen-bond donors (Lipinski definition) is 0. The number of piperidine rings is 1. The second-order valence-electron chi connectivity index (χ2n) is 7.79. The third-order valence-corrected chi connectivity index (χ3v) is 5.67. The largest absolute Gasteiger partial charge is 0.446 e. The van der Waals surface area contributed by atoms with E-state index in [1.165, 1.54) is 0 Å². The van der Waals surface area contributed by atoms with E-state index >= 15 is 0 Å². The maximum absolute atomic E-state index is 13.1. The molecule has 2 aromatic carbocycles. The third-order valence-electron chi connectivity index (χ3n) is 5.67. The van der Waals surface area contributed by atoms with Crippen molar-refractivity contribution in [3.05, 3.63) is 71.3 Å². The number of imide groups is 1. The van der Waals surface area contributed by atoms with Gasteiger partial charge in [0.15, 0.2) is 0 Å². The molecule has 160 valence electrons. The minimum Gasteiger partial charge on any atom is -0.446 e. The number of carbonyl (C=O) groups is 4. The standard InChI is InChI=1S/C24H24N2O5/c27-20-15-18-11-5-6-12-19(18)23(29)26(20)16-21(28)31-22(17-9-3-1-4-10-17)24(30)25-13-7-2-8-14-25/h1,3-6,9-12,22H,2,7-8,13-16H2/t22-/m1/s1. The van der Waals surface area contributed by atoms with Crippen molar-refractivity contribution in [2.45, 2.75) is 31.8 Å². The zero-order valence-corrected chi connectivity index (χ0v) is 17.2. The second kappa shape index (κ2) is 9.12. The van der Waals surface area contributed by atoms with Crippen LogP contribution in [0.1, 0.15) is 46.9 Å². The van der Waals surface area contributed by atoms with Gasteiger partial charge in [0, 0.05) is 24.2 Å². The highest BCUT2D eigenvalue weighted by Gasteiger charge is 2.35. The van der Waals surface area contributed by atoms with E-state index in [2.05, 4.69) is 0 Å². The average molecular weight is 420 g/mol. The van der Waals surface area contributed by atoms with Crippen molar-refractivity contribution in [3.63, 3.8) is 0 Å². The summed E-state index contributed by atoms with van der Waals surface area (Å²) < 4.78 is 5.56. The zero-order valence-electron chi connectivity index (χ0n) is 17.2. The molecule has 0 unspecified atom stereocenters. The van der Waals surface area contributed by atoms with Gasteiger partial charge in [0.05, 0.1) is 6.42 Å². The van der Waals surface area contributed by atoms with E-state index in [9.17, 15) is 19.2 Å². The highest BCUT2D eigenvalue weighted by Crippen LogP contribution is 2.24. The molecule has 7 nitrogen and oxygen atoms in total. The van der Waals surface area contributed by atoms with Crippen LogP contribution in [-0.4, -0.2) is 53.1 Å². The van der Waals surface area contributed by atoms with E-state index in [4.69, 9.17) is 4.74 Å². The Morgan fingerprint density at radius 1 is 0.903 bits per heavy atom. The van der Waals surface area contributed by atoms with Crippen LogP contribution in [0.3, 0.4) is 0 Å². The summed E-state index contributed by atoms with van der Waals surface area (Å²) in [5, 5.41) is 0. The van der Waals surface area contributed by atoms with Gasteiger partial charge < -0.3 is 9.64 Å². The van der Waals surface area contributed by atoms with Crippen molar-refractivity contribution >= 4 is 23.7 Å². The molecule has 2 heterocycles. The van der Waals surface area contributed by atoms with Gasteiger partial charge in [-0.2, -0.15) is 0 Å². The molecule has 7 heteroatoms. The van der Waals surface area contributed by atoms with Crippen molar-refractivity contribution in [3.8, 4) is 0 Å². The number of ether oxygens (including phenoxy) is 1. The SMILES string of the molecule is O=C(CN1C(=O)Cc2ccccc2C1=O)O[C@@H](C(=O)N1CCCCC1)c1ccccc1. The lowest BCUT2D eigenvalue weighted by Crippen LogP contribution is -2.46. The number of fused-ring (bicyclic) bond motifs is 1. The molecule has 2 aliphatic rings. The lowest BCUT2D eigenvalue weighted by molar-refractivity contribution is -0.162. The molecule has 0 spiro atoms. The molecule has 31 heavy (non-hydrogen) atoms. The summed E-state index contributed by atoms with van der Waals surface area (Å²) in [5.41, 5.74) is 1.61. The van der Waals surface area contributed by atoms with Gasteiger partial charge in [-0.25, -0.2) is 0 Å². The Hall–Kier alpha value is -3.48. The number of nitrogens with zero attached hydrogens (tertiary/aromatic N) is 2. The van der Waals surface area contributed by atoms with Gasteiger partial charge in [-0.05, 0) is 30.9 Å². The van der Waals surface area contributed by atoms with Crippen LogP contribution in [0.2, 0.25) is 0 Å². The fourth-order valence-electron chi connectivity index (χ4n) is 4.03. The minimum atomic E-state index is -1.10. The van der Waals surface area contributed by atoms with E-state index in [1.54, 1.807) is 53.4 Å². The van der Waals surface area contributed by atoms with Crippen LogP contribution in [0, 0.1) is 0 Å². The van der Waals surface area contributed by atoms with Crippen molar-refractivity contribution in [2.75, 3.05) is 19.6 Å². The van der Waals surface area contributed by atoms with Crippen molar-refractivity contribution in [1.82, 2.24) is 9.80 Å². The molecule has 2 aliphatic heterocycles. The van der Waals surface area contributed by atoms with Crippen molar-refractivity contribution in [1.29, 1.82) is 0 Å². The van der Waals surface area contributed by atoms with E-state index in [0.29, 0.717) is 29.8 Å². The van der Waals surface area contributed by atoms with Crippen molar-refractivity contribution < 1.29 is 23.9 Å². The molecule has 1 atom stereocenters. The quantitative estimate of drug-likeness (QED) is 0.548. The minimum absolute atomic E-state index is 0.0457. The molecule has 3 amide bonds. The predicted molar refractivity (Wildman–Crippen MR) is 112 cm³/mol. The first-order valence-electron chi connectivity index (χ1n) is 10.5. The number of esters is 1. The summed E-state index contributed by atoms with van der Waals surface area (Å²) in [7, 11) is 0. The van der Waals surface area contributed by atoms with Gasteiger partial charge in [-0.3, -0.25) is 24.1 Å². The van der Waals surface area contributed by atoms with Gasteiger partial charge in [-0.15, -0.1) is 0 Å². The van der Waals surface area contributed by atoms with E-state index in [0.717, 1.165) is 24.2 Å². The third kappa shape index (κ3) is 4.50. The summed E-state index contributed by atoms with van der Waals surface area (Å²) in [6.07, 6.45) is 1.84. The normalized spacial score (nSPS) is 17.2. The fourth-order valence-corrected chi connectivity index (χ4v) is 4.03. The van der Waals surface area contributed by atoms with E-state index < -0.39 is 30.4 Å². The molecule has 0 bridgehead atoms. The number of hydrogen-bond acceptors (Lipinski definition) is 5. The Labute approximate surface area is 180 Å². The van der Waals surface area contributed by atoms with Crippen LogP contribution in [0.5, 0.6) is 0 Å². The van der Waals surface area contributed by atoms with Gasteiger partial charge in [0.2, 0.25) is 12.0 Å². The molecular weight excluding hydrogens is 396 g/mol. The monoisotopic (exact) mass is 420 g/mol. The fraction of sp³-hybridized carbons (Fsp3) is 0.333. The summed E-state index contributed by atoms with van der Waals surface area (Å²) in [4.78, 5) is 53.7. The van der Waals surface area contributed by atoms with Crippen LogP contribution in [0.15, 0.2) is 54.6 Å². The number of likely N-dealkylation sites (tertiary alicyclic amines) is 1. The average Bonchev–Trinajstić information content (AvgIpc) is 2.81. The molecule has 4 rings (SSSR count). The zero-order chi connectivity index (χ0) is 21.8. The number of carbonyl (C=O) groups excluding carboxylic acids is 4. The molecule has 2 aromatic rings. The predicted octanol–water partition coefficient (Wildman–Crippen LogP) is 2.51. The Kier molecular flexibility index (Phi) is 6.11. The molecule has 0 aliphatic carbocycles. The van der Waals surface area contributed by atoms with Crippen LogP contribution in [0.4, 0.5) is 0 Å². The summed E-state index contributed by atoms with van der Waals surface area (Å²) in [6, 6.07) is 15.7. The molecular formula is C24H24N2O5. The van der Waals surface area contributed by atoms with Gasteiger partial charge in [-0.1, -0.05) is 48.5 Å².